The topological polar surface area (TPSA) is 70.2 Å². The first-order chi connectivity index (χ1) is 11.1. The Morgan fingerprint density at radius 1 is 1.04 bits per heavy atom. The van der Waals surface area contributed by atoms with Crippen molar-refractivity contribution in [1.29, 1.82) is 0 Å². The van der Waals surface area contributed by atoms with Gasteiger partial charge in [0.15, 0.2) is 0 Å². The summed E-state index contributed by atoms with van der Waals surface area (Å²) in [6, 6.07) is 13.9. The second-order valence-electron chi connectivity index (χ2n) is 4.89. The Morgan fingerprint density at radius 3 is 2.30 bits per heavy atom. The molecule has 6 heteroatoms. The monoisotopic (exact) mass is 315 g/mol. The van der Waals surface area contributed by atoms with E-state index in [0.29, 0.717) is 5.69 Å². The van der Waals surface area contributed by atoms with Crippen molar-refractivity contribution in [3.8, 4) is 0 Å². The number of likely N-dealkylation sites (N-methyl/N-ethyl adjacent to an activating group) is 1. The van der Waals surface area contributed by atoms with E-state index in [1.54, 1.807) is 12.1 Å². The van der Waals surface area contributed by atoms with Crippen LogP contribution in [-0.2, 0) is 9.59 Å². The Morgan fingerprint density at radius 2 is 1.70 bits per heavy atom. The van der Waals surface area contributed by atoms with Gasteiger partial charge in [0.25, 0.3) is 0 Å². The van der Waals surface area contributed by atoms with E-state index in [-0.39, 0.29) is 24.2 Å². The SMILES string of the molecule is CNC(=O)CN[C@@H](C(=O)Nc1ccc(F)cc1)c1ccccc1. The number of anilines is 1. The van der Waals surface area contributed by atoms with Crippen LogP contribution < -0.4 is 16.0 Å². The highest BCUT2D eigenvalue weighted by Crippen LogP contribution is 2.16. The first kappa shape index (κ1) is 16.6. The third-order valence-corrected chi connectivity index (χ3v) is 3.25. The molecule has 0 aliphatic heterocycles. The molecule has 2 aromatic rings. The van der Waals surface area contributed by atoms with Crippen LogP contribution in [0.3, 0.4) is 0 Å². The van der Waals surface area contributed by atoms with E-state index in [9.17, 15) is 14.0 Å². The van der Waals surface area contributed by atoms with E-state index in [2.05, 4.69) is 16.0 Å². The second-order valence-corrected chi connectivity index (χ2v) is 4.89. The van der Waals surface area contributed by atoms with E-state index in [1.165, 1.54) is 31.3 Å². The predicted octanol–water partition coefficient (Wildman–Crippen LogP) is 1.84. The lowest BCUT2D eigenvalue weighted by molar-refractivity contribution is -0.120. The summed E-state index contributed by atoms with van der Waals surface area (Å²) in [7, 11) is 1.53. The van der Waals surface area contributed by atoms with Gasteiger partial charge in [0.1, 0.15) is 11.9 Å². The van der Waals surface area contributed by atoms with E-state index >= 15 is 0 Å². The number of benzene rings is 2. The Labute approximate surface area is 133 Å². The fraction of sp³-hybridized carbons (Fsp3) is 0.176. The van der Waals surface area contributed by atoms with Gasteiger partial charge in [-0.1, -0.05) is 30.3 Å². The molecule has 1 atom stereocenters. The summed E-state index contributed by atoms with van der Waals surface area (Å²) < 4.78 is 12.9. The molecule has 0 unspecified atom stereocenters. The van der Waals surface area contributed by atoms with Crippen LogP contribution in [-0.4, -0.2) is 25.4 Å². The number of hydrogen-bond acceptors (Lipinski definition) is 3. The predicted molar refractivity (Wildman–Crippen MR) is 86.3 cm³/mol. The molecule has 0 spiro atoms. The maximum Gasteiger partial charge on any atom is 0.246 e. The third-order valence-electron chi connectivity index (χ3n) is 3.25. The molecule has 0 aromatic heterocycles. The van der Waals surface area contributed by atoms with Crippen molar-refractivity contribution in [3.63, 3.8) is 0 Å². The fourth-order valence-electron chi connectivity index (χ4n) is 2.04. The summed E-state index contributed by atoms with van der Waals surface area (Å²) in [5, 5.41) is 8.12. The van der Waals surface area contributed by atoms with Crippen molar-refractivity contribution < 1.29 is 14.0 Å². The number of carbonyl (C=O) groups excluding carboxylic acids is 2. The van der Waals surface area contributed by atoms with Gasteiger partial charge in [-0.2, -0.15) is 0 Å². The molecule has 5 nitrogen and oxygen atoms in total. The highest BCUT2D eigenvalue weighted by Gasteiger charge is 2.20. The lowest BCUT2D eigenvalue weighted by Gasteiger charge is -2.18. The van der Waals surface area contributed by atoms with Gasteiger partial charge < -0.3 is 10.6 Å². The Balaban J connectivity index is 2.13. The molecule has 3 N–H and O–H groups in total. The summed E-state index contributed by atoms with van der Waals surface area (Å²) in [5.74, 6) is -0.924. The van der Waals surface area contributed by atoms with Gasteiger partial charge in [0.05, 0.1) is 6.54 Å². The summed E-state index contributed by atoms with van der Waals surface area (Å²) in [5.41, 5.74) is 1.22. The van der Waals surface area contributed by atoms with E-state index in [4.69, 9.17) is 0 Å². The minimum atomic E-state index is -0.696. The number of amides is 2. The third kappa shape index (κ3) is 4.89. The van der Waals surface area contributed by atoms with E-state index in [0.717, 1.165) is 5.56 Å². The molecule has 0 fully saturated rings. The maximum absolute atomic E-state index is 12.9. The zero-order valence-electron chi connectivity index (χ0n) is 12.7. The summed E-state index contributed by atoms with van der Waals surface area (Å²) >= 11 is 0. The average Bonchev–Trinajstić information content (AvgIpc) is 2.58. The summed E-state index contributed by atoms with van der Waals surface area (Å²) in [6.07, 6.45) is 0. The highest BCUT2D eigenvalue weighted by atomic mass is 19.1. The molecule has 0 bridgehead atoms. The zero-order chi connectivity index (χ0) is 16.7. The van der Waals surface area contributed by atoms with Crippen molar-refractivity contribution in [2.75, 3.05) is 18.9 Å². The van der Waals surface area contributed by atoms with Crippen LogP contribution in [0.1, 0.15) is 11.6 Å². The van der Waals surface area contributed by atoms with E-state index in [1.807, 2.05) is 18.2 Å². The van der Waals surface area contributed by atoms with Crippen molar-refractivity contribution >= 4 is 17.5 Å². The first-order valence-electron chi connectivity index (χ1n) is 7.15. The maximum atomic E-state index is 12.9. The van der Waals surface area contributed by atoms with Crippen molar-refractivity contribution in [2.24, 2.45) is 0 Å². The van der Waals surface area contributed by atoms with Crippen LogP contribution in [0, 0.1) is 5.82 Å². The largest absolute Gasteiger partial charge is 0.358 e. The normalized spacial score (nSPS) is 11.6. The molecule has 0 heterocycles. The lowest BCUT2D eigenvalue weighted by atomic mass is 10.1. The molecule has 0 aliphatic rings. The van der Waals surface area contributed by atoms with Gasteiger partial charge in [-0.25, -0.2) is 4.39 Å². The molecule has 2 rings (SSSR count). The van der Waals surface area contributed by atoms with Gasteiger partial charge >= 0.3 is 0 Å². The molecule has 2 amide bonds. The average molecular weight is 315 g/mol. The van der Waals surface area contributed by atoms with Crippen LogP contribution in [0.15, 0.2) is 54.6 Å². The summed E-state index contributed by atoms with van der Waals surface area (Å²) in [6.45, 7) is 0.00684. The van der Waals surface area contributed by atoms with Crippen LogP contribution in [0.25, 0.3) is 0 Å². The molecular weight excluding hydrogens is 297 g/mol. The van der Waals surface area contributed by atoms with Gasteiger partial charge in [-0.3, -0.25) is 14.9 Å². The number of nitrogens with one attached hydrogen (secondary N) is 3. The number of rotatable bonds is 6. The highest BCUT2D eigenvalue weighted by molar-refractivity contribution is 5.95. The Bertz CT molecular complexity index is 659. The molecular formula is C17H18FN3O2. The fourth-order valence-corrected chi connectivity index (χ4v) is 2.04. The molecule has 2 aromatic carbocycles. The van der Waals surface area contributed by atoms with Crippen LogP contribution in [0.2, 0.25) is 0 Å². The van der Waals surface area contributed by atoms with Gasteiger partial charge in [0.2, 0.25) is 11.8 Å². The molecule has 120 valence electrons. The molecule has 0 saturated carbocycles. The number of carbonyl (C=O) groups is 2. The van der Waals surface area contributed by atoms with Crippen LogP contribution >= 0.6 is 0 Å². The van der Waals surface area contributed by atoms with Crippen molar-refractivity contribution in [3.05, 3.63) is 66.0 Å². The molecule has 0 aliphatic carbocycles. The van der Waals surface area contributed by atoms with E-state index < -0.39 is 6.04 Å². The molecule has 23 heavy (non-hydrogen) atoms. The van der Waals surface area contributed by atoms with Crippen LogP contribution in [0.5, 0.6) is 0 Å². The quantitative estimate of drug-likeness (QED) is 0.762. The first-order valence-corrected chi connectivity index (χ1v) is 7.15. The van der Waals surface area contributed by atoms with Crippen LogP contribution in [0.4, 0.5) is 10.1 Å². The Kier molecular flexibility index (Phi) is 5.82. The van der Waals surface area contributed by atoms with Gasteiger partial charge in [-0.15, -0.1) is 0 Å². The second kappa shape index (κ2) is 8.05. The zero-order valence-corrected chi connectivity index (χ0v) is 12.7. The molecule has 0 saturated heterocycles. The molecule has 0 radical (unpaired) electrons. The van der Waals surface area contributed by atoms with Gasteiger partial charge in [-0.05, 0) is 29.8 Å². The smallest absolute Gasteiger partial charge is 0.246 e. The number of hydrogen-bond donors (Lipinski definition) is 3. The van der Waals surface area contributed by atoms with Crippen molar-refractivity contribution in [2.45, 2.75) is 6.04 Å². The van der Waals surface area contributed by atoms with Crippen molar-refractivity contribution in [1.82, 2.24) is 10.6 Å². The minimum absolute atomic E-state index is 0.00684. The van der Waals surface area contributed by atoms with Gasteiger partial charge in [0, 0.05) is 12.7 Å². The lowest BCUT2D eigenvalue weighted by Crippen LogP contribution is -2.39. The standard InChI is InChI=1S/C17H18FN3O2/c1-19-15(22)11-20-16(12-5-3-2-4-6-12)17(23)21-14-9-7-13(18)8-10-14/h2-10,16,20H,11H2,1H3,(H,19,22)(H,21,23)/t16-/m1/s1. The summed E-state index contributed by atoms with van der Waals surface area (Å²) in [4.78, 5) is 23.9. The number of halogens is 1. The Hall–Kier alpha value is -2.73. The minimum Gasteiger partial charge on any atom is -0.358 e.